The molecule has 2 amide bonds. The monoisotopic (exact) mass is 569 g/mol. The van der Waals surface area contributed by atoms with Gasteiger partial charge in [-0.1, -0.05) is 71.8 Å². The van der Waals surface area contributed by atoms with Crippen LogP contribution in [-0.4, -0.2) is 54.6 Å². The van der Waals surface area contributed by atoms with Gasteiger partial charge in [-0.25, -0.2) is 8.42 Å². The van der Waals surface area contributed by atoms with Crippen LogP contribution in [0.15, 0.2) is 83.8 Å². The van der Waals surface area contributed by atoms with Gasteiger partial charge in [-0.2, -0.15) is 4.31 Å². The number of hydrogen-bond donors (Lipinski definition) is 1. The van der Waals surface area contributed by atoms with E-state index in [1.54, 1.807) is 0 Å². The molecule has 0 saturated heterocycles. The van der Waals surface area contributed by atoms with E-state index in [2.05, 4.69) is 5.32 Å². The van der Waals surface area contributed by atoms with Gasteiger partial charge in [0, 0.05) is 30.6 Å². The van der Waals surface area contributed by atoms with E-state index < -0.39 is 34.1 Å². The molecule has 3 rings (SSSR count). The maximum Gasteiger partial charge on any atom is 0.243 e. The summed E-state index contributed by atoms with van der Waals surface area (Å²) >= 11 is 5.92. The number of rotatable bonds is 10. The van der Waals surface area contributed by atoms with Crippen molar-refractivity contribution in [3.05, 3.63) is 101 Å². The molecule has 0 aliphatic carbocycles. The summed E-state index contributed by atoms with van der Waals surface area (Å²) in [6.45, 7) is 7.29. The molecule has 1 atom stereocenters. The normalized spacial score (nSPS) is 12.7. The molecule has 208 valence electrons. The number of halogens is 1. The number of carbonyl (C=O) groups is 2. The number of carbonyl (C=O) groups excluding carboxylic acids is 2. The Labute approximate surface area is 236 Å². The Kier molecular flexibility index (Phi) is 9.93. The minimum atomic E-state index is -3.97. The van der Waals surface area contributed by atoms with Crippen molar-refractivity contribution in [1.29, 1.82) is 0 Å². The van der Waals surface area contributed by atoms with E-state index in [-0.39, 0.29) is 23.8 Å². The highest BCUT2D eigenvalue weighted by atomic mass is 35.5. The summed E-state index contributed by atoms with van der Waals surface area (Å²) in [6.07, 6.45) is 0.272. The van der Waals surface area contributed by atoms with Crippen LogP contribution in [0.4, 0.5) is 0 Å². The lowest BCUT2D eigenvalue weighted by molar-refractivity contribution is -0.141. The second kappa shape index (κ2) is 12.8. The Morgan fingerprint density at radius 1 is 0.923 bits per heavy atom. The number of aryl methyl sites for hydroxylation is 1. The van der Waals surface area contributed by atoms with E-state index in [1.165, 1.54) is 36.2 Å². The van der Waals surface area contributed by atoms with E-state index >= 15 is 0 Å². The maximum absolute atomic E-state index is 13.9. The third-order valence-electron chi connectivity index (χ3n) is 6.08. The van der Waals surface area contributed by atoms with Crippen molar-refractivity contribution in [1.82, 2.24) is 14.5 Å². The highest BCUT2D eigenvalue weighted by molar-refractivity contribution is 7.89. The van der Waals surface area contributed by atoms with Crippen LogP contribution in [0.3, 0.4) is 0 Å². The van der Waals surface area contributed by atoms with Gasteiger partial charge in [0.05, 0.1) is 11.4 Å². The van der Waals surface area contributed by atoms with Crippen LogP contribution < -0.4 is 5.32 Å². The van der Waals surface area contributed by atoms with Gasteiger partial charge >= 0.3 is 0 Å². The zero-order valence-electron chi connectivity index (χ0n) is 23.0. The minimum absolute atomic E-state index is 0.0266. The molecule has 0 aliphatic heterocycles. The summed E-state index contributed by atoms with van der Waals surface area (Å²) in [5.41, 5.74) is 2.21. The molecule has 7 nitrogen and oxygen atoms in total. The van der Waals surface area contributed by atoms with Gasteiger partial charge in [0.15, 0.2) is 0 Å². The second-order valence-electron chi connectivity index (χ2n) is 10.7. The highest BCUT2D eigenvalue weighted by Gasteiger charge is 2.34. The fourth-order valence-corrected chi connectivity index (χ4v) is 5.41. The lowest BCUT2D eigenvalue weighted by Gasteiger charge is -2.34. The fourth-order valence-electron chi connectivity index (χ4n) is 4.17. The summed E-state index contributed by atoms with van der Waals surface area (Å²) in [4.78, 5) is 29.1. The molecule has 3 aromatic rings. The summed E-state index contributed by atoms with van der Waals surface area (Å²) in [7, 11) is -2.62. The van der Waals surface area contributed by atoms with E-state index in [9.17, 15) is 18.0 Å². The summed E-state index contributed by atoms with van der Waals surface area (Å²) in [6, 6.07) is 22.1. The third-order valence-corrected chi connectivity index (χ3v) is 8.15. The zero-order chi connectivity index (χ0) is 28.8. The van der Waals surface area contributed by atoms with Crippen molar-refractivity contribution in [2.75, 3.05) is 13.6 Å². The molecule has 3 aromatic carbocycles. The van der Waals surface area contributed by atoms with E-state index in [4.69, 9.17) is 11.6 Å². The fraction of sp³-hybridized carbons (Fsp3) is 0.333. The van der Waals surface area contributed by atoms with Gasteiger partial charge in [-0.3, -0.25) is 9.59 Å². The Morgan fingerprint density at radius 2 is 1.54 bits per heavy atom. The summed E-state index contributed by atoms with van der Waals surface area (Å²) in [5, 5.41) is 3.42. The highest BCUT2D eigenvalue weighted by Crippen LogP contribution is 2.20. The average molecular weight is 570 g/mol. The van der Waals surface area contributed by atoms with Gasteiger partial charge in [0.1, 0.15) is 6.04 Å². The van der Waals surface area contributed by atoms with Gasteiger partial charge in [0.25, 0.3) is 0 Å². The van der Waals surface area contributed by atoms with Crippen LogP contribution in [0.25, 0.3) is 0 Å². The predicted octanol–water partition coefficient (Wildman–Crippen LogP) is 4.82. The van der Waals surface area contributed by atoms with Crippen LogP contribution >= 0.6 is 11.6 Å². The lowest BCUT2D eigenvalue weighted by atomic mass is 10.0. The molecule has 0 fully saturated rings. The first-order valence-electron chi connectivity index (χ1n) is 12.7. The first-order valence-corrected chi connectivity index (χ1v) is 14.5. The van der Waals surface area contributed by atoms with Crippen molar-refractivity contribution in [2.45, 2.75) is 57.1 Å². The smallest absolute Gasteiger partial charge is 0.243 e. The molecule has 0 saturated carbocycles. The maximum atomic E-state index is 13.9. The topological polar surface area (TPSA) is 86.8 Å². The van der Waals surface area contributed by atoms with Crippen molar-refractivity contribution >= 4 is 33.4 Å². The Balaban J connectivity index is 1.99. The largest absolute Gasteiger partial charge is 0.350 e. The van der Waals surface area contributed by atoms with Crippen molar-refractivity contribution in [3.8, 4) is 0 Å². The number of benzene rings is 3. The van der Waals surface area contributed by atoms with Crippen LogP contribution in [0.2, 0.25) is 5.02 Å². The number of hydrogen-bond acceptors (Lipinski definition) is 4. The van der Waals surface area contributed by atoms with Crippen LogP contribution in [0, 0.1) is 6.92 Å². The number of nitrogens with zero attached hydrogens (tertiary/aromatic N) is 2. The molecule has 0 radical (unpaired) electrons. The van der Waals surface area contributed by atoms with Gasteiger partial charge in [-0.05, 0) is 63.1 Å². The number of likely N-dealkylation sites (N-methyl/N-ethyl adjacent to an activating group) is 1. The molecule has 39 heavy (non-hydrogen) atoms. The van der Waals surface area contributed by atoms with E-state index in [1.807, 2.05) is 82.3 Å². The summed E-state index contributed by atoms with van der Waals surface area (Å²) in [5.74, 6) is -0.794. The molecule has 0 spiro atoms. The van der Waals surface area contributed by atoms with E-state index in [0.717, 1.165) is 21.0 Å². The van der Waals surface area contributed by atoms with Crippen molar-refractivity contribution in [2.24, 2.45) is 0 Å². The number of sulfonamides is 1. The molecule has 0 bridgehead atoms. The standard InChI is InChI=1S/C30H36ClN3O4S/c1-22-10-9-13-24(18-22)20-34(27(29(36)32-30(2,3)4)19-23-11-7-6-8-12-23)28(35)21-33(5)39(37,38)26-16-14-25(31)15-17-26/h6-18,27H,19-21H2,1-5H3,(H,32,36). The first kappa shape index (κ1) is 30.3. The second-order valence-corrected chi connectivity index (χ2v) is 13.2. The molecular formula is C30H36ClN3O4S. The molecular weight excluding hydrogens is 534 g/mol. The third kappa shape index (κ3) is 8.65. The zero-order valence-corrected chi connectivity index (χ0v) is 24.6. The lowest BCUT2D eigenvalue weighted by Crippen LogP contribution is -2.56. The van der Waals surface area contributed by atoms with Gasteiger partial charge < -0.3 is 10.2 Å². The molecule has 0 heterocycles. The van der Waals surface area contributed by atoms with Gasteiger partial charge in [0.2, 0.25) is 21.8 Å². The Hall–Kier alpha value is -3.20. The molecule has 0 aromatic heterocycles. The minimum Gasteiger partial charge on any atom is -0.350 e. The quantitative estimate of drug-likeness (QED) is 0.379. The number of amides is 2. The first-order chi connectivity index (χ1) is 18.3. The number of nitrogens with one attached hydrogen (secondary N) is 1. The molecule has 0 aliphatic rings. The molecule has 9 heteroatoms. The Bertz CT molecular complexity index is 1390. The van der Waals surface area contributed by atoms with Gasteiger partial charge in [-0.15, -0.1) is 0 Å². The van der Waals surface area contributed by atoms with Crippen LogP contribution in [0.5, 0.6) is 0 Å². The summed E-state index contributed by atoms with van der Waals surface area (Å²) < 4.78 is 27.4. The van der Waals surface area contributed by atoms with Crippen molar-refractivity contribution in [3.63, 3.8) is 0 Å². The molecule has 1 N–H and O–H groups in total. The Morgan fingerprint density at radius 3 is 2.13 bits per heavy atom. The van der Waals surface area contributed by atoms with Crippen LogP contribution in [0.1, 0.15) is 37.5 Å². The average Bonchev–Trinajstić information content (AvgIpc) is 2.86. The predicted molar refractivity (Wildman–Crippen MR) is 155 cm³/mol. The van der Waals surface area contributed by atoms with Crippen LogP contribution in [-0.2, 0) is 32.6 Å². The van der Waals surface area contributed by atoms with Crippen molar-refractivity contribution < 1.29 is 18.0 Å². The molecule has 1 unspecified atom stereocenters. The van der Waals surface area contributed by atoms with E-state index in [0.29, 0.717) is 5.02 Å². The SMILES string of the molecule is Cc1cccc(CN(C(=O)CN(C)S(=O)(=O)c2ccc(Cl)cc2)C(Cc2ccccc2)C(=O)NC(C)(C)C)c1.